The molecule has 2 rings (SSSR count). The third-order valence-corrected chi connectivity index (χ3v) is 4.39. The van der Waals surface area contributed by atoms with Gasteiger partial charge in [0.05, 0.1) is 12.2 Å². The largest absolute Gasteiger partial charge is 0.493 e. The molecule has 1 N–H and O–H groups in total. The molecule has 25 heavy (non-hydrogen) atoms. The van der Waals surface area contributed by atoms with Crippen LogP contribution in [-0.4, -0.2) is 30.0 Å². The molecule has 1 aliphatic heterocycles. The second-order valence-electron chi connectivity index (χ2n) is 6.04. The molecule has 0 aromatic heterocycles. The lowest BCUT2D eigenvalue weighted by molar-refractivity contribution is -0.187. The molecule has 1 unspecified atom stereocenters. The van der Waals surface area contributed by atoms with Gasteiger partial charge in [-0.1, -0.05) is 26.7 Å². The van der Waals surface area contributed by atoms with Gasteiger partial charge in [-0.15, -0.1) is 0 Å². The third kappa shape index (κ3) is 4.08. The van der Waals surface area contributed by atoms with Gasteiger partial charge in [0.15, 0.2) is 0 Å². The van der Waals surface area contributed by atoms with Crippen LogP contribution in [0.1, 0.15) is 37.8 Å². The Bertz CT molecular complexity index is 676. The van der Waals surface area contributed by atoms with Gasteiger partial charge in [-0.3, -0.25) is 0 Å². The summed E-state index contributed by atoms with van der Waals surface area (Å²) in [5.41, 5.74) is -0.103. The maximum atomic E-state index is 13.2. The molecule has 1 aromatic carbocycles. The Morgan fingerprint density at radius 1 is 1.32 bits per heavy atom. The van der Waals surface area contributed by atoms with Crippen LogP contribution in [0.15, 0.2) is 17.7 Å². The Hall–Kier alpha value is -2.18. The van der Waals surface area contributed by atoms with Crippen LogP contribution in [0.25, 0.3) is 6.08 Å². The molecule has 1 heterocycles. The molecular formula is C18H21F3O4. The monoisotopic (exact) mass is 358 g/mol. The summed E-state index contributed by atoms with van der Waals surface area (Å²) in [6, 6.07) is 3.14. The van der Waals surface area contributed by atoms with Gasteiger partial charge in [0.1, 0.15) is 11.5 Å². The summed E-state index contributed by atoms with van der Waals surface area (Å²) >= 11 is 0. The summed E-state index contributed by atoms with van der Waals surface area (Å²) in [4.78, 5) is 11.1. The Labute approximate surface area is 144 Å². The van der Waals surface area contributed by atoms with E-state index in [0.717, 1.165) is 18.9 Å². The highest BCUT2D eigenvalue weighted by atomic mass is 19.4. The van der Waals surface area contributed by atoms with E-state index in [9.17, 15) is 18.0 Å². The SMILES string of the molecule is CCC(CC)COc1ccc2c(c1C)OC(C(F)(F)F)C(C(=O)O)=C2. The number of benzene rings is 1. The van der Waals surface area contributed by atoms with E-state index in [1.165, 1.54) is 6.07 Å². The normalized spacial score (nSPS) is 16.9. The maximum Gasteiger partial charge on any atom is 0.430 e. The van der Waals surface area contributed by atoms with Crippen LogP contribution in [0, 0.1) is 12.8 Å². The minimum absolute atomic E-state index is 0.00868. The standard InChI is InChI=1S/C18H21F3O4/c1-4-11(5-2)9-24-14-7-6-12-8-13(17(22)23)16(18(19,20)21)25-15(12)10(14)3/h6-8,11,16H,4-5,9H2,1-3H3,(H,22,23). The lowest BCUT2D eigenvalue weighted by atomic mass is 9.98. The van der Waals surface area contributed by atoms with Crippen molar-refractivity contribution in [3.63, 3.8) is 0 Å². The van der Waals surface area contributed by atoms with E-state index in [-0.39, 0.29) is 5.75 Å². The van der Waals surface area contributed by atoms with E-state index in [1.807, 2.05) is 13.8 Å². The number of carboxylic acids is 1. The molecule has 0 radical (unpaired) electrons. The molecule has 1 aliphatic rings. The molecule has 1 aromatic rings. The van der Waals surface area contributed by atoms with Crippen LogP contribution < -0.4 is 9.47 Å². The molecule has 0 spiro atoms. The van der Waals surface area contributed by atoms with E-state index in [4.69, 9.17) is 14.6 Å². The molecule has 138 valence electrons. The highest BCUT2D eigenvalue weighted by molar-refractivity contribution is 5.95. The second kappa shape index (κ2) is 7.37. The van der Waals surface area contributed by atoms with Crippen molar-refractivity contribution in [2.75, 3.05) is 6.61 Å². The smallest absolute Gasteiger partial charge is 0.430 e. The number of hydrogen-bond acceptors (Lipinski definition) is 3. The van der Waals surface area contributed by atoms with Crippen LogP contribution >= 0.6 is 0 Å². The molecule has 0 amide bonds. The summed E-state index contributed by atoms with van der Waals surface area (Å²) in [7, 11) is 0. The first kappa shape index (κ1) is 19.1. The Kier molecular flexibility index (Phi) is 5.65. The first-order valence-electron chi connectivity index (χ1n) is 8.13. The molecule has 0 aliphatic carbocycles. The Morgan fingerprint density at radius 2 is 1.96 bits per heavy atom. The first-order chi connectivity index (χ1) is 11.7. The third-order valence-electron chi connectivity index (χ3n) is 4.39. The maximum absolute atomic E-state index is 13.2. The molecule has 4 nitrogen and oxygen atoms in total. The van der Waals surface area contributed by atoms with E-state index >= 15 is 0 Å². The fourth-order valence-corrected chi connectivity index (χ4v) is 2.69. The minimum atomic E-state index is -4.82. The van der Waals surface area contributed by atoms with Gasteiger partial charge >= 0.3 is 12.1 Å². The van der Waals surface area contributed by atoms with Gasteiger partial charge in [-0.2, -0.15) is 13.2 Å². The number of halogens is 3. The van der Waals surface area contributed by atoms with Gasteiger partial charge in [-0.05, 0) is 31.1 Å². The summed E-state index contributed by atoms with van der Waals surface area (Å²) in [6.07, 6.45) is -4.42. The minimum Gasteiger partial charge on any atom is -0.493 e. The van der Waals surface area contributed by atoms with Crippen molar-refractivity contribution in [2.45, 2.75) is 45.9 Å². The van der Waals surface area contributed by atoms with Gasteiger partial charge in [0.2, 0.25) is 6.10 Å². The van der Waals surface area contributed by atoms with Crippen LogP contribution in [0.4, 0.5) is 13.2 Å². The van der Waals surface area contributed by atoms with E-state index in [1.54, 1.807) is 13.0 Å². The lowest BCUT2D eigenvalue weighted by Gasteiger charge is -2.28. The molecule has 7 heteroatoms. The fraction of sp³-hybridized carbons (Fsp3) is 0.500. The predicted molar refractivity (Wildman–Crippen MR) is 86.8 cm³/mol. The van der Waals surface area contributed by atoms with Crippen LogP contribution in [0.3, 0.4) is 0 Å². The summed E-state index contributed by atoms with van der Waals surface area (Å²) < 4.78 is 50.3. The molecule has 1 atom stereocenters. The number of alkyl halides is 3. The van der Waals surface area contributed by atoms with Gasteiger partial charge in [-0.25, -0.2) is 4.79 Å². The number of rotatable bonds is 6. The number of fused-ring (bicyclic) bond motifs is 1. The number of carboxylic acid groups (broad SMARTS) is 1. The van der Waals surface area contributed by atoms with Crippen molar-refractivity contribution >= 4 is 12.0 Å². The first-order valence-corrected chi connectivity index (χ1v) is 8.13. The van der Waals surface area contributed by atoms with Gasteiger partial charge < -0.3 is 14.6 Å². The van der Waals surface area contributed by atoms with E-state index in [0.29, 0.717) is 29.4 Å². The van der Waals surface area contributed by atoms with E-state index < -0.39 is 23.8 Å². The average Bonchev–Trinajstić information content (AvgIpc) is 2.55. The predicted octanol–water partition coefficient (Wildman–Crippen LogP) is 4.60. The van der Waals surface area contributed by atoms with Crippen LogP contribution in [0.2, 0.25) is 0 Å². The zero-order valence-corrected chi connectivity index (χ0v) is 14.3. The number of hydrogen-bond donors (Lipinski definition) is 1. The molecule has 0 saturated heterocycles. The quantitative estimate of drug-likeness (QED) is 0.807. The summed E-state index contributed by atoms with van der Waals surface area (Å²) in [5.74, 6) is -0.842. The average molecular weight is 358 g/mol. The fourth-order valence-electron chi connectivity index (χ4n) is 2.69. The molecule has 0 saturated carbocycles. The van der Waals surface area contributed by atoms with Crippen molar-refractivity contribution in [3.8, 4) is 11.5 Å². The van der Waals surface area contributed by atoms with Gasteiger partial charge in [0.25, 0.3) is 0 Å². The van der Waals surface area contributed by atoms with E-state index in [2.05, 4.69) is 0 Å². The zero-order chi connectivity index (χ0) is 18.8. The second-order valence-corrected chi connectivity index (χ2v) is 6.04. The van der Waals surface area contributed by atoms with Crippen molar-refractivity contribution in [1.82, 2.24) is 0 Å². The lowest BCUT2D eigenvalue weighted by Crippen LogP contribution is -2.40. The molecular weight excluding hydrogens is 337 g/mol. The molecule has 0 bridgehead atoms. The van der Waals surface area contributed by atoms with Crippen molar-refractivity contribution in [2.24, 2.45) is 5.92 Å². The number of carbonyl (C=O) groups is 1. The Morgan fingerprint density at radius 3 is 2.48 bits per heavy atom. The van der Waals surface area contributed by atoms with Gasteiger partial charge in [0, 0.05) is 11.1 Å². The number of aliphatic carboxylic acids is 1. The molecule has 0 fully saturated rings. The zero-order valence-electron chi connectivity index (χ0n) is 14.3. The topological polar surface area (TPSA) is 55.8 Å². The highest BCUT2D eigenvalue weighted by Gasteiger charge is 2.48. The van der Waals surface area contributed by atoms with Crippen LogP contribution in [-0.2, 0) is 4.79 Å². The number of ether oxygens (including phenoxy) is 2. The van der Waals surface area contributed by atoms with Crippen molar-refractivity contribution < 1.29 is 32.5 Å². The Balaban J connectivity index is 2.37. The van der Waals surface area contributed by atoms with Crippen molar-refractivity contribution in [1.29, 1.82) is 0 Å². The summed E-state index contributed by atoms with van der Waals surface area (Å²) in [5, 5.41) is 9.05. The van der Waals surface area contributed by atoms with Crippen molar-refractivity contribution in [3.05, 3.63) is 28.8 Å². The highest BCUT2D eigenvalue weighted by Crippen LogP contribution is 2.41. The summed E-state index contributed by atoms with van der Waals surface area (Å²) in [6.45, 7) is 6.17. The van der Waals surface area contributed by atoms with Crippen LogP contribution in [0.5, 0.6) is 11.5 Å².